The molecule has 0 aliphatic heterocycles. The lowest BCUT2D eigenvalue weighted by Gasteiger charge is -2.19. The van der Waals surface area contributed by atoms with Gasteiger partial charge in [0.05, 0.1) is 17.4 Å². The Hall–Kier alpha value is -2.64. The van der Waals surface area contributed by atoms with Crippen LogP contribution < -0.4 is 5.32 Å². The van der Waals surface area contributed by atoms with Crippen molar-refractivity contribution >= 4 is 26.8 Å². The lowest BCUT2D eigenvalue weighted by atomic mass is 10.1. The van der Waals surface area contributed by atoms with Crippen molar-refractivity contribution in [3.63, 3.8) is 0 Å². The summed E-state index contributed by atoms with van der Waals surface area (Å²) in [4.78, 5) is 15.9. The monoisotopic (exact) mass is 413 g/mol. The third kappa shape index (κ3) is 4.52. The Bertz CT molecular complexity index is 1080. The molecule has 1 aromatic heterocycles. The van der Waals surface area contributed by atoms with Gasteiger partial charge in [0, 0.05) is 30.2 Å². The maximum absolute atomic E-state index is 12.6. The summed E-state index contributed by atoms with van der Waals surface area (Å²) >= 11 is 0. The Morgan fingerprint density at radius 3 is 2.38 bits per heavy atom. The third-order valence-electron chi connectivity index (χ3n) is 5.13. The highest BCUT2D eigenvalue weighted by molar-refractivity contribution is 7.89. The van der Waals surface area contributed by atoms with E-state index in [9.17, 15) is 13.2 Å². The van der Waals surface area contributed by atoms with E-state index < -0.39 is 10.0 Å². The van der Waals surface area contributed by atoms with Crippen LogP contribution in [-0.2, 0) is 21.2 Å². The number of carbonyl (C=O) groups excluding carboxylic acids is 1. The molecule has 1 heterocycles. The topological polar surface area (TPSA) is 82.3 Å². The van der Waals surface area contributed by atoms with E-state index in [0.717, 1.165) is 22.0 Å². The van der Waals surface area contributed by atoms with Crippen molar-refractivity contribution in [3.8, 4) is 0 Å². The van der Waals surface area contributed by atoms with Crippen molar-refractivity contribution in [3.05, 3.63) is 65.9 Å². The van der Waals surface area contributed by atoms with Crippen LogP contribution in [0.1, 0.15) is 37.9 Å². The summed E-state index contributed by atoms with van der Waals surface area (Å²) in [6, 6.07) is 14.4. The van der Waals surface area contributed by atoms with Gasteiger partial charge in [-0.2, -0.15) is 4.31 Å². The van der Waals surface area contributed by atoms with Crippen LogP contribution in [0, 0.1) is 0 Å². The maximum atomic E-state index is 12.6. The average molecular weight is 414 g/mol. The number of H-pyrrole nitrogens is 1. The van der Waals surface area contributed by atoms with Gasteiger partial charge < -0.3 is 10.3 Å². The summed E-state index contributed by atoms with van der Waals surface area (Å²) in [6.45, 7) is 6.39. The Kier molecular flexibility index (Phi) is 6.39. The number of amides is 1. The van der Waals surface area contributed by atoms with E-state index >= 15 is 0 Å². The maximum Gasteiger partial charge on any atom is 0.243 e. The molecule has 29 heavy (non-hydrogen) atoms. The summed E-state index contributed by atoms with van der Waals surface area (Å²) in [6.07, 6.45) is 2.14. The van der Waals surface area contributed by atoms with Crippen LogP contribution in [0.15, 0.2) is 59.6 Å². The fourth-order valence-electron chi connectivity index (χ4n) is 3.47. The molecule has 0 radical (unpaired) electrons. The number of rotatable bonds is 8. The van der Waals surface area contributed by atoms with Crippen molar-refractivity contribution in [1.82, 2.24) is 14.6 Å². The summed E-state index contributed by atoms with van der Waals surface area (Å²) in [7, 11) is -3.48. The van der Waals surface area contributed by atoms with Crippen LogP contribution in [0.3, 0.4) is 0 Å². The number of fused-ring (bicyclic) bond motifs is 1. The Labute approximate surface area is 172 Å². The number of nitrogens with one attached hydrogen (secondary N) is 2. The van der Waals surface area contributed by atoms with Crippen LogP contribution in [0.2, 0.25) is 0 Å². The van der Waals surface area contributed by atoms with Gasteiger partial charge in [0.25, 0.3) is 0 Å². The van der Waals surface area contributed by atoms with Crippen molar-refractivity contribution < 1.29 is 13.2 Å². The highest BCUT2D eigenvalue weighted by Gasteiger charge is 2.21. The van der Waals surface area contributed by atoms with E-state index in [-0.39, 0.29) is 23.3 Å². The fourth-order valence-corrected chi connectivity index (χ4v) is 4.93. The quantitative estimate of drug-likeness (QED) is 0.592. The number of hydrogen-bond acceptors (Lipinski definition) is 3. The van der Waals surface area contributed by atoms with Crippen LogP contribution in [-0.4, -0.2) is 36.7 Å². The zero-order valence-corrected chi connectivity index (χ0v) is 17.8. The molecule has 0 aliphatic carbocycles. The Balaban J connectivity index is 1.67. The molecule has 7 heteroatoms. The largest absolute Gasteiger partial charge is 0.361 e. The van der Waals surface area contributed by atoms with E-state index in [0.29, 0.717) is 13.1 Å². The Morgan fingerprint density at radius 2 is 1.72 bits per heavy atom. The SMILES string of the molecule is CCN(CC)S(=O)(=O)c1ccc([C@@H](C)NC(=O)Cc2c[nH]c3ccccc23)cc1. The number of para-hydroxylation sites is 1. The molecule has 0 bridgehead atoms. The molecule has 1 atom stereocenters. The van der Waals surface area contributed by atoms with E-state index in [4.69, 9.17) is 0 Å². The van der Waals surface area contributed by atoms with Crippen LogP contribution in [0.5, 0.6) is 0 Å². The molecule has 0 aliphatic rings. The highest BCUT2D eigenvalue weighted by atomic mass is 32.2. The first-order chi connectivity index (χ1) is 13.9. The number of sulfonamides is 1. The first kappa shape index (κ1) is 21.1. The average Bonchev–Trinajstić information content (AvgIpc) is 3.11. The predicted molar refractivity (Wildman–Crippen MR) is 115 cm³/mol. The minimum absolute atomic E-state index is 0.0814. The van der Waals surface area contributed by atoms with E-state index in [2.05, 4.69) is 10.3 Å². The predicted octanol–water partition coefficient (Wildman–Crippen LogP) is 3.62. The van der Waals surface area contributed by atoms with Crippen molar-refractivity contribution in [1.29, 1.82) is 0 Å². The standard InChI is InChI=1S/C22H27N3O3S/c1-4-25(5-2)29(27,28)19-12-10-17(11-13-19)16(3)24-22(26)14-18-15-23-21-9-7-6-8-20(18)21/h6-13,15-16,23H,4-5,14H2,1-3H3,(H,24,26)/t16-/m1/s1. The molecule has 2 N–H and O–H groups in total. The summed E-state index contributed by atoms with van der Waals surface area (Å²) in [5.41, 5.74) is 2.81. The van der Waals surface area contributed by atoms with E-state index in [1.165, 1.54) is 4.31 Å². The minimum atomic E-state index is -3.48. The van der Waals surface area contributed by atoms with Crippen LogP contribution >= 0.6 is 0 Å². The molecule has 3 rings (SSSR count). The summed E-state index contributed by atoms with van der Waals surface area (Å²) in [5, 5.41) is 4.03. The third-order valence-corrected chi connectivity index (χ3v) is 7.19. The first-order valence-corrected chi connectivity index (χ1v) is 11.2. The second kappa shape index (κ2) is 8.80. The zero-order chi connectivity index (χ0) is 21.0. The number of hydrogen-bond donors (Lipinski definition) is 2. The van der Waals surface area contributed by atoms with Gasteiger partial charge in [-0.05, 0) is 36.2 Å². The summed E-state index contributed by atoms with van der Waals surface area (Å²) in [5.74, 6) is -0.0814. The van der Waals surface area contributed by atoms with Crippen molar-refractivity contribution in [2.75, 3.05) is 13.1 Å². The number of aromatic nitrogens is 1. The van der Waals surface area contributed by atoms with Crippen molar-refractivity contribution in [2.45, 2.75) is 38.1 Å². The second-order valence-electron chi connectivity index (χ2n) is 6.98. The van der Waals surface area contributed by atoms with Crippen molar-refractivity contribution in [2.24, 2.45) is 0 Å². The van der Waals surface area contributed by atoms with Gasteiger partial charge >= 0.3 is 0 Å². The number of carbonyl (C=O) groups is 1. The molecule has 2 aromatic carbocycles. The number of aromatic amines is 1. The van der Waals surface area contributed by atoms with Gasteiger partial charge in [-0.15, -0.1) is 0 Å². The summed E-state index contributed by atoms with van der Waals surface area (Å²) < 4.78 is 26.6. The lowest BCUT2D eigenvalue weighted by molar-refractivity contribution is -0.121. The van der Waals surface area contributed by atoms with Gasteiger partial charge in [0.1, 0.15) is 0 Å². The van der Waals surface area contributed by atoms with Gasteiger partial charge in [0.15, 0.2) is 0 Å². The second-order valence-corrected chi connectivity index (χ2v) is 8.92. The minimum Gasteiger partial charge on any atom is -0.361 e. The zero-order valence-electron chi connectivity index (χ0n) is 17.0. The van der Waals surface area contributed by atoms with Gasteiger partial charge in [-0.3, -0.25) is 4.79 Å². The van der Waals surface area contributed by atoms with Gasteiger partial charge in [-0.25, -0.2) is 8.42 Å². The van der Waals surface area contributed by atoms with Crippen LogP contribution in [0.25, 0.3) is 10.9 Å². The molecule has 0 fully saturated rings. The molecular weight excluding hydrogens is 386 g/mol. The molecule has 0 saturated carbocycles. The van der Waals surface area contributed by atoms with E-state index in [1.54, 1.807) is 24.3 Å². The molecule has 0 unspecified atom stereocenters. The van der Waals surface area contributed by atoms with E-state index in [1.807, 2.05) is 51.2 Å². The molecule has 6 nitrogen and oxygen atoms in total. The fraction of sp³-hybridized carbons (Fsp3) is 0.318. The molecular formula is C22H27N3O3S. The van der Waals surface area contributed by atoms with Gasteiger partial charge in [-0.1, -0.05) is 44.2 Å². The molecule has 0 spiro atoms. The molecule has 3 aromatic rings. The normalized spacial score (nSPS) is 13.0. The smallest absolute Gasteiger partial charge is 0.243 e. The number of nitrogens with zero attached hydrogens (tertiary/aromatic N) is 1. The number of benzene rings is 2. The lowest BCUT2D eigenvalue weighted by Crippen LogP contribution is -2.30. The molecule has 0 saturated heterocycles. The highest BCUT2D eigenvalue weighted by Crippen LogP contribution is 2.21. The first-order valence-electron chi connectivity index (χ1n) is 9.81. The Morgan fingerprint density at radius 1 is 1.07 bits per heavy atom. The molecule has 1 amide bonds. The van der Waals surface area contributed by atoms with Gasteiger partial charge in [0.2, 0.25) is 15.9 Å². The molecule has 154 valence electrons. The van der Waals surface area contributed by atoms with Crippen LogP contribution in [0.4, 0.5) is 0 Å².